The number of fused-ring (bicyclic) bond motifs is 2. The number of carbonyl (C=O) groups is 1. The number of nitrogens with zero attached hydrogens (tertiary/aromatic N) is 2. The fourth-order valence-corrected chi connectivity index (χ4v) is 5.65. The van der Waals surface area contributed by atoms with Gasteiger partial charge in [-0.3, -0.25) is 9.69 Å². The van der Waals surface area contributed by atoms with Crippen molar-refractivity contribution in [2.45, 2.75) is 24.8 Å². The number of likely N-dealkylation sites (tertiary alicyclic amines) is 1. The van der Waals surface area contributed by atoms with E-state index < -0.39 is 5.54 Å². The van der Waals surface area contributed by atoms with Gasteiger partial charge in [0, 0.05) is 45.6 Å². The van der Waals surface area contributed by atoms with Gasteiger partial charge in [0.2, 0.25) is 5.91 Å². The van der Waals surface area contributed by atoms with E-state index in [9.17, 15) is 4.79 Å². The number of nitrogens with one attached hydrogen (secondary N) is 1. The van der Waals surface area contributed by atoms with Crippen LogP contribution in [0, 0.1) is 11.8 Å². The van der Waals surface area contributed by atoms with Gasteiger partial charge in [-0.15, -0.1) is 0 Å². The number of rotatable bonds is 5. The average molecular weight is 390 g/mol. The number of carbonyl (C=O) groups excluding carboxylic acids is 1. The zero-order valence-corrected chi connectivity index (χ0v) is 17.3. The molecule has 1 amide bonds. The van der Waals surface area contributed by atoms with Crippen LogP contribution in [0.5, 0.6) is 0 Å². The zero-order chi connectivity index (χ0) is 19.8. The maximum absolute atomic E-state index is 14.0. The third kappa shape index (κ3) is 3.38. The van der Waals surface area contributed by atoms with Crippen LogP contribution in [0.4, 0.5) is 0 Å². The summed E-state index contributed by atoms with van der Waals surface area (Å²) in [5.41, 5.74) is 3.58. The summed E-state index contributed by atoms with van der Waals surface area (Å²) in [6.45, 7) is 4.85. The minimum absolute atomic E-state index is 0.346. The van der Waals surface area contributed by atoms with E-state index in [0.29, 0.717) is 17.7 Å². The molecule has 5 rings (SSSR count). The first-order valence-corrected chi connectivity index (χ1v) is 11.0. The van der Waals surface area contributed by atoms with Crippen molar-refractivity contribution < 1.29 is 4.79 Å². The molecule has 2 aliphatic heterocycles. The molecule has 0 saturated carbocycles. The van der Waals surface area contributed by atoms with E-state index in [0.717, 1.165) is 52.0 Å². The number of likely N-dealkylation sites (N-methyl/N-ethyl adjacent to an activating group) is 1. The Morgan fingerprint density at radius 3 is 2.21 bits per heavy atom. The van der Waals surface area contributed by atoms with Crippen molar-refractivity contribution in [3.63, 3.8) is 0 Å². The fourth-order valence-electron chi connectivity index (χ4n) is 5.65. The Hall–Kier alpha value is -2.17. The highest BCUT2D eigenvalue weighted by Crippen LogP contribution is 2.38. The molecule has 1 N–H and O–H groups in total. The van der Waals surface area contributed by atoms with Crippen LogP contribution < -0.4 is 5.32 Å². The molecule has 4 nitrogen and oxygen atoms in total. The molecule has 0 bridgehead atoms. The quantitative estimate of drug-likeness (QED) is 0.853. The lowest BCUT2D eigenvalue weighted by Crippen LogP contribution is -2.59. The molecule has 2 fully saturated rings. The zero-order valence-electron chi connectivity index (χ0n) is 17.3. The van der Waals surface area contributed by atoms with Crippen LogP contribution in [0.3, 0.4) is 0 Å². The van der Waals surface area contributed by atoms with Gasteiger partial charge in [0.15, 0.2) is 0 Å². The predicted octanol–water partition coefficient (Wildman–Crippen LogP) is 2.38. The van der Waals surface area contributed by atoms with Gasteiger partial charge in [-0.2, -0.15) is 0 Å². The van der Waals surface area contributed by atoms with E-state index in [-0.39, 0.29) is 0 Å². The number of hydrogen-bond donors (Lipinski definition) is 1. The molecule has 2 aromatic rings. The second-order valence-electron chi connectivity index (χ2n) is 9.20. The first-order valence-electron chi connectivity index (χ1n) is 11.0. The standard InChI is InChI=1S/C25H31N3O/c1-27(12-11-19-7-3-2-4-8-19)25(13-20-9-5-6-10-21(20)14-25)24(29)28-17-22-15-26-16-23(22)18-28/h2-10,22-23,26H,11-18H2,1H3/t22-,23+. The summed E-state index contributed by atoms with van der Waals surface area (Å²) in [4.78, 5) is 18.5. The fraction of sp³-hybridized carbons (Fsp3) is 0.480. The van der Waals surface area contributed by atoms with Crippen LogP contribution in [-0.4, -0.2) is 61.0 Å². The van der Waals surface area contributed by atoms with Crippen molar-refractivity contribution in [2.75, 3.05) is 39.8 Å². The van der Waals surface area contributed by atoms with Crippen molar-refractivity contribution >= 4 is 5.91 Å². The molecular formula is C25H31N3O. The summed E-state index contributed by atoms with van der Waals surface area (Å²) in [5.74, 6) is 1.61. The monoisotopic (exact) mass is 389 g/mol. The molecule has 4 heteroatoms. The van der Waals surface area contributed by atoms with E-state index in [2.05, 4.69) is 76.8 Å². The highest BCUT2D eigenvalue weighted by atomic mass is 16.2. The first-order chi connectivity index (χ1) is 14.2. The maximum atomic E-state index is 14.0. The Balaban J connectivity index is 1.39. The Kier molecular flexibility index (Phi) is 4.92. The summed E-state index contributed by atoms with van der Waals surface area (Å²) < 4.78 is 0. The molecule has 0 spiro atoms. The summed E-state index contributed by atoms with van der Waals surface area (Å²) in [6.07, 6.45) is 2.63. The summed E-state index contributed by atoms with van der Waals surface area (Å²) in [7, 11) is 2.16. The highest BCUT2D eigenvalue weighted by molar-refractivity contribution is 5.88. The van der Waals surface area contributed by atoms with Crippen molar-refractivity contribution in [3.8, 4) is 0 Å². The predicted molar refractivity (Wildman–Crippen MR) is 116 cm³/mol. The van der Waals surface area contributed by atoms with Crippen molar-refractivity contribution in [1.29, 1.82) is 0 Å². The van der Waals surface area contributed by atoms with E-state index in [1.165, 1.54) is 16.7 Å². The Morgan fingerprint density at radius 1 is 1.00 bits per heavy atom. The molecule has 152 valence electrons. The normalized spacial score (nSPS) is 24.7. The second kappa shape index (κ2) is 7.58. The molecule has 3 aliphatic rings. The van der Waals surface area contributed by atoms with Gasteiger partial charge < -0.3 is 10.2 Å². The third-order valence-corrected chi connectivity index (χ3v) is 7.47. The number of amides is 1. The number of benzene rings is 2. The van der Waals surface area contributed by atoms with Crippen molar-refractivity contribution in [1.82, 2.24) is 15.1 Å². The smallest absolute Gasteiger partial charge is 0.243 e. The van der Waals surface area contributed by atoms with Crippen molar-refractivity contribution in [2.24, 2.45) is 11.8 Å². The number of hydrogen-bond acceptors (Lipinski definition) is 3. The minimum Gasteiger partial charge on any atom is -0.340 e. The molecule has 2 aromatic carbocycles. The Morgan fingerprint density at radius 2 is 1.59 bits per heavy atom. The lowest BCUT2D eigenvalue weighted by molar-refractivity contribution is -0.142. The Bertz CT molecular complexity index is 844. The lowest BCUT2D eigenvalue weighted by Gasteiger charge is -2.40. The van der Waals surface area contributed by atoms with Crippen LogP contribution in [0.1, 0.15) is 16.7 Å². The molecule has 2 saturated heterocycles. The van der Waals surface area contributed by atoms with Crippen LogP contribution in [0.2, 0.25) is 0 Å². The molecule has 2 atom stereocenters. The average Bonchev–Trinajstić information content (AvgIpc) is 3.45. The molecule has 2 heterocycles. The largest absolute Gasteiger partial charge is 0.340 e. The van der Waals surface area contributed by atoms with Crippen LogP contribution in [0.15, 0.2) is 54.6 Å². The third-order valence-electron chi connectivity index (χ3n) is 7.47. The van der Waals surface area contributed by atoms with Crippen LogP contribution in [-0.2, 0) is 24.1 Å². The Labute approximate surface area is 173 Å². The van der Waals surface area contributed by atoms with Gasteiger partial charge in [-0.1, -0.05) is 54.6 Å². The van der Waals surface area contributed by atoms with Crippen molar-refractivity contribution in [3.05, 3.63) is 71.3 Å². The summed E-state index contributed by atoms with van der Waals surface area (Å²) in [6, 6.07) is 19.2. The van der Waals surface area contributed by atoms with Gasteiger partial charge in [-0.05, 0) is 42.0 Å². The molecule has 0 unspecified atom stereocenters. The topological polar surface area (TPSA) is 35.6 Å². The van der Waals surface area contributed by atoms with E-state index in [1.54, 1.807) is 0 Å². The van der Waals surface area contributed by atoms with Gasteiger partial charge in [0.25, 0.3) is 0 Å². The summed E-state index contributed by atoms with van der Waals surface area (Å²) in [5, 5.41) is 3.49. The van der Waals surface area contributed by atoms with E-state index in [1.807, 2.05) is 0 Å². The van der Waals surface area contributed by atoms with E-state index >= 15 is 0 Å². The molecular weight excluding hydrogens is 358 g/mol. The van der Waals surface area contributed by atoms with Gasteiger partial charge >= 0.3 is 0 Å². The van der Waals surface area contributed by atoms with Gasteiger partial charge in [-0.25, -0.2) is 0 Å². The first kappa shape index (κ1) is 18.8. The second-order valence-corrected chi connectivity index (χ2v) is 9.20. The van der Waals surface area contributed by atoms with Gasteiger partial charge in [0.1, 0.15) is 5.54 Å². The van der Waals surface area contributed by atoms with E-state index in [4.69, 9.17) is 0 Å². The molecule has 29 heavy (non-hydrogen) atoms. The lowest BCUT2D eigenvalue weighted by atomic mass is 9.91. The SMILES string of the molecule is CN(CCc1ccccc1)C1(C(=O)N2C[C@H]3CNC[C@H]3C2)Cc2ccccc2C1. The summed E-state index contributed by atoms with van der Waals surface area (Å²) >= 11 is 0. The molecule has 0 radical (unpaired) electrons. The minimum atomic E-state index is -0.440. The van der Waals surface area contributed by atoms with Crippen LogP contribution >= 0.6 is 0 Å². The highest BCUT2D eigenvalue weighted by Gasteiger charge is 2.51. The molecule has 0 aromatic heterocycles. The molecule has 1 aliphatic carbocycles. The van der Waals surface area contributed by atoms with Gasteiger partial charge in [0.05, 0.1) is 0 Å². The van der Waals surface area contributed by atoms with Crippen LogP contribution in [0.25, 0.3) is 0 Å². The maximum Gasteiger partial charge on any atom is 0.243 e.